The molecule has 0 aliphatic carbocycles. The molecule has 0 saturated carbocycles. The first-order chi connectivity index (χ1) is 16.8. The summed E-state index contributed by atoms with van der Waals surface area (Å²) in [6, 6.07) is 15.9. The van der Waals surface area contributed by atoms with E-state index in [1.54, 1.807) is 17.7 Å². The molecule has 6 nitrogen and oxygen atoms in total. The van der Waals surface area contributed by atoms with E-state index in [0.717, 1.165) is 44.1 Å². The minimum absolute atomic E-state index is 0.0276. The smallest absolute Gasteiger partial charge is 0.270 e. The van der Waals surface area contributed by atoms with Gasteiger partial charge in [0.1, 0.15) is 17.3 Å². The Bertz CT molecular complexity index is 1440. The number of hydrogen-bond donors (Lipinski definition) is 0. The molecule has 0 radical (unpaired) electrons. The van der Waals surface area contributed by atoms with Gasteiger partial charge in [0.15, 0.2) is 0 Å². The minimum Gasteiger partial charge on any atom is -0.270 e. The first-order valence-corrected chi connectivity index (χ1v) is 11.3. The van der Waals surface area contributed by atoms with Crippen LogP contribution in [-0.2, 0) is 9.59 Å². The number of imide groups is 1. The van der Waals surface area contributed by atoms with E-state index >= 15 is 0 Å². The molecular formula is C29H26N4O2. The highest BCUT2D eigenvalue weighted by Crippen LogP contribution is 2.34. The maximum atomic E-state index is 13.3. The van der Waals surface area contributed by atoms with Crippen LogP contribution < -0.4 is 0 Å². The van der Waals surface area contributed by atoms with Crippen LogP contribution in [0.3, 0.4) is 0 Å². The number of aromatic nitrogens is 2. The second-order valence-electron chi connectivity index (χ2n) is 8.67. The number of rotatable bonds is 5. The molecule has 0 saturated heterocycles. The standard InChI is InChI=1S/C29H26N4O2/c1-6-12-32-28(34)24(21(5)25(16-30)29(32)35)15-22-17-33(23-10-8-7-9-11-23)31-27(22)26-19(3)13-18(2)14-20(26)4/h6-11,13-15,17H,1,12H2,2-5H3/b24-15+. The number of carbonyl (C=O) groups excluding carboxylic acids is 2. The number of benzene rings is 2. The van der Waals surface area contributed by atoms with Crippen molar-refractivity contribution < 1.29 is 9.59 Å². The molecule has 35 heavy (non-hydrogen) atoms. The van der Waals surface area contributed by atoms with Crippen LogP contribution in [0.2, 0.25) is 0 Å². The quantitative estimate of drug-likeness (QED) is 0.295. The molecule has 2 amide bonds. The fraction of sp³-hybridized carbons (Fsp3) is 0.172. The van der Waals surface area contributed by atoms with Crippen molar-refractivity contribution in [3.63, 3.8) is 0 Å². The maximum Gasteiger partial charge on any atom is 0.271 e. The summed E-state index contributed by atoms with van der Waals surface area (Å²) in [7, 11) is 0. The normalized spacial score (nSPS) is 15.1. The largest absolute Gasteiger partial charge is 0.271 e. The highest BCUT2D eigenvalue weighted by atomic mass is 16.2. The molecule has 1 aliphatic rings. The number of hydrogen-bond acceptors (Lipinski definition) is 4. The zero-order valence-electron chi connectivity index (χ0n) is 20.3. The average molecular weight is 463 g/mol. The molecule has 2 aromatic carbocycles. The van der Waals surface area contributed by atoms with Gasteiger partial charge in [-0.25, -0.2) is 4.68 Å². The van der Waals surface area contributed by atoms with Gasteiger partial charge in [-0.2, -0.15) is 10.4 Å². The van der Waals surface area contributed by atoms with Gasteiger partial charge < -0.3 is 0 Å². The molecule has 0 bridgehead atoms. The van der Waals surface area contributed by atoms with E-state index in [9.17, 15) is 14.9 Å². The fourth-order valence-corrected chi connectivity index (χ4v) is 4.53. The Labute approximate surface area is 205 Å². The van der Waals surface area contributed by atoms with Crippen LogP contribution in [0.5, 0.6) is 0 Å². The predicted molar refractivity (Wildman–Crippen MR) is 136 cm³/mol. The van der Waals surface area contributed by atoms with Gasteiger partial charge in [-0.3, -0.25) is 14.5 Å². The first-order valence-electron chi connectivity index (χ1n) is 11.3. The summed E-state index contributed by atoms with van der Waals surface area (Å²) < 4.78 is 1.78. The van der Waals surface area contributed by atoms with Crippen LogP contribution in [-0.4, -0.2) is 33.0 Å². The van der Waals surface area contributed by atoms with Gasteiger partial charge in [0, 0.05) is 29.4 Å². The third kappa shape index (κ3) is 4.24. The van der Waals surface area contributed by atoms with E-state index in [1.165, 1.54) is 6.08 Å². The van der Waals surface area contributed by atoms with Crippen LogP contribution in [0.1, 0.15) is 29.2 Å². The average Bonchev–Trinajstić information content (AvgIpc) is 3.23. The summed E-state index contributed by atoms with van der Waals surface area (Å²) in [5.41, 5.74) is 7.22. The zero-order chi connectivity index (χ0) is 25.3. The minimum atomic E-state index is -0.600. The van der Waals surface area contributed by atoms with E-state index in [-0.39, 0.29) is 12.1 Å². The summed E-state index contributed by atoms with van der Waals surface area (Å²) in [6.45, 7) is 11.4. The van der Waals surface area contributed by atoms with Gasteiger partial charge in [-0.15, -0.1) is 6.58 Å². The second kappa shape index (κ2) is 9.40. The van der Waals surface area contributed by atoms with E-state index < -0.39 is 11.8 Å². The predicted octanol–water partition coefficient (Wildman–Crippen LogP) is 5.24. The highest BCUT2D eigenvalue weighted by molar-refractivity contribution is 6.20. The molecular weight excluding hydrogens is 436 g/mol. The molecule has 0 atom stereocenters. The van der Waals surface area contributed by atoms with Crippen molar-refractivity contribution in [3.8, 4) is 23.0 Å². The van der Waals surface area contributed by atoms with Crippen LogP contribution >= 0.6 is 0 Å². The molecule has 2 heterocycles. The van der Waals surface area contributed by atoms with Gasteiger partial charge in [0.25, 0.3) is 11.8 Å². The Balaban J connectivity index is 1.99. The third-order valence-electron chi connectivity index (χ3n) is 6.11. The van der Waals surface area contributed by atoms with Gasteiger partial charge >= 0.3 is 0 Å². The third-order valence-corrected chi connectivity index (χ3v) is 6.11. The van der Waals surface area contributed by atoms with E-state index in [4.69, 9.17) is 5.10 Å². The Hall–Kier alpha value is -4.50. The Morgan fingerprint density at radius 2 is 1.69 bits per heavy atom. The SMILES string of the molecule is C=CCN1C(=O)C(C#N)=C(C)/C(=C\c2cn(-c3ccccc3)nc2-c2c(C)cc(C)cc2C)C1=O. The fourth-order valence-electron chi connectivity index (χ4n) is 4.53. The van der Waals surface area contributed by atoms with Crippen molar-refractivity contribution in [2.24, 2.45) is 0 Å². The lowest BCUT2D eigenvalue weighted by Crippen LogP contribution is -2.42. The summed E-state index contributed by atoms with van der Waals surface area (Å²) >= 11 is 0. The second-order valence-corrected chi connectivity index (χ2v) is 8.67. The van der Waals surface area contributed by atoms with Crippen molar-refractivity contribution >= 4 is 17.9 Å². The maximum absolute atomic E-state index is 13.3. The van der Waals surface area contributed by atoms with E-state index in [0.29, 0.717) is 11.1 Å². The molecule has 0 spiro atoms. The van der Waals surface area contributed by atoms with Crippen molar-refractivity contribution in [1.82, 2.24) is 14.7 Å². The molecule has 4 rings (SSSR count). The van der Waals surface area contributed by atoms with Crippen molar-refractivity contribution in [2.75, 3.05) is 6.54 Å². The molecule has 0 unspecified atom stereocenters. The summed E-state index contributed by atoms with van der Waals surface area (Å²) in [4.78, 5) is 27.1. The molecule has 3 aromatic rings. The van der Waals surface area contributed by atoms with Crippen molar-refractivity contribution in [1.29, 1.82) is 5.26 Å². The van der Waals surface area contributed by atoms with Crippen molar-refractivity contribution in [2.45, 2.75) is 27.7 Å². The Morgan fingerprint density at radius 1 is 1.03 bits per heavy atom. The molecule has 6 heteroatoms. The number of nitrogens with zero attached hydrogens (tertiary/aromatic N) is 4. The van der Waals surface area contributed by atoms with Gasteiger partial charge in [0.2, 0.25) is 0 Å². The van der Waals surface area contributed by atoms with Gasteiger partial charge in [0.05, 0.1) is 5.69 Å². The number of aryl methyl sites for hydroxylation is 3. The van der Waals surface area contributed by atoms with E-state index in [2.05, 4.69) is 25.6 Å². The lowest BCUT2D eigenvalue weighted by atomic mass is 9.91. The molecule has 174 valence electrons. The van der Waals surface area contributed by atoms with E-state index in [1.807, 2.05) is 56.4 Å². The molecule has 0 N–H and O–H groups in total. The number of para-hydroxylation sites is 1. The topological polar surface area (TPSA) is 79.0 Å². The monoisotopic (exact) mass is 462 g/mol. The van der Waals surface area contributed by atoms with Gasteiger partial charge in [-0.05, 0) is 62.6 Å². The van der Waals surface area contributed by atoms with Crippen LogP contribution in [0, 0.1) is 32.1 Å². The number of carbonyl (C=O) groups is 2. The van der Waals surface area contributed by atoms with Crippen LogP contribution in [0.15, 0.2) is 78.0 Å². The molecule has 1 aliphatic heterocycles. The lowest BCUT2D eigenvalue weighted by molar-refractivity contribution is -0.139. The number of amides is 2. The first kappa shape index (κ1) is 23.7. The highest BCUT2D eigenvalue weighted by Gasteiger charge is 2.35. The van der Waals surface area contributed by atoms with Crippen molar-refractivity contribution in [3.05, 3.63) is 100 Å². The Morgan fingerprint density at radius 3 is 2.29 bits per heavy atom. The van der Waals surface area contributed by atoms with Crippen LogP contribution in [0.25, 0.3) is 23.0 Å². The van der Waals surface area contributed by atoms with Gasteiger partial charge in [-0.1, -0.05) is 42.0 Å². The summed E-state index contributed by atoms with van der Waals surface area (Å²) in [5, 5.41) is 14.5. The Kier molecular flexibility index (Phi) is 6.35. The number of nitriles is 1. The summed E-state index contributed by atoms with van der Waals surface area (Å²) in [5.74, 6) is -1.06. The zero-order valence-corrected chi connectivity index (χ0v) is 20.3. The lowest BCUT2D eigenvalue weighted by Gasteiger charge is -2.26. The molecule has 1 aromatic heterocycles. The molecule has 0 fully saturated rings. The summed E-state index contributed by atoms with van der Waals surface area (Å²) in [6.07, 6.45) is 5.08. The van der Waals surface area contributed by atoms with Crippen LogP contribution in [0.4, 0.5) is 0 Å².